The normalized spacial score (nSPS) is 11.9. The third-order valence-corrected chi connectivity index (χ3v) is 5.38. The van der Waals surface area contributed by atoms with E-state index in [0.29, 0.717) is 17.2 Å². The third kappa shape index (κ3) is 5.15. The van der Waals surface area contributed by atoms with Crippen molar-refractivity contribution in [3.05, 3.63) is 44.9 Å². The zero-order valence-corrected chi connectivity index (χ0v) is 19.9. The summed E-state index contributed by atoms with van der Waals surface area (Å²) >= 11 is 0. The van der Waals surface area contributed by atoms with Crippen LogP contribution in [0.5, 0.6) is 17.2 Å². The molecule has 13 heteroatoms. The molecule has 0 saturated heterocycles. The highest BCUT2D eigenvalue weighted by Crippen LogP contribution is 2.38. The van der Waals surface area contributed by atoms with Crippen LogP contribution >= 0.6 is 0 Å². The van der Waals surface area contributed by atoms with Gasteiger partial charge in [0.2, 0.25) is 5.75 Å². The monoisotopic (exact) mass is 492 g/mol. The number of aromatic nitrogens is 4. The second-order valence-electron chi connectivity index (χ2n) is 7.61. The zero-order chi connectivity index (χ0) is 25.7. The molecule has 1 atom stereocenters. The first-order chi connectivity index (χ1) is 16.8. The van der Waals surface area contributed by atoms with Crippen molar-refractivity contribution < 1.29 is 34.0 Å². The number of aliphatic hydroxyl groups excluding tert-OH is 2. The first-order valence-electron chi connectivity index (χ1n) is 10.7. The molecule has 0 fully saturated rings. The number of aryl methyl sites for hydroxylation is 1. The highest BCUT2D eigenvalue weighted by Gasteiger charge is 2.19. The van der Waals surface area contributed by atoms with E-state index in [9.17, 15) is 19.5 Å². The lowest BCUT2D eigenvalue weighted by molar-refractivity contribution is 0.0494. The smallest absolute Gasteiger partial charge is 0.338 e. The van der Waals surface area contributed by atoms with Gasteiger partial charge in [0, 0.05) is 13.6 Å². The molecule has 0 saturated carbocycles. The molecule has 35 heavy (non-hydrogen) atoms. The summed E-state index contributed by atoms with van der Waals surface area (Å²) in [4.78, 5) is 42.3. The molecule has 13 nitrogen and oxygen atoms in total. The van der Waals surface area contributed by atoms with Gasteiger partial charge in [0.25, 0.3) is 5.56 Å². The number of methoxy groups -OCH3 is 3. The number of hydrogen-bond acceptors (Lipinski definition) is 10. The van der Waals surface area contributed by atoms with Crippen LogP contribution in [-0.4, -0.2) is 75.5 Å². The predicted octanol–water partition coefficient (Wildman–Crippen LogP) is -0.477. The molecule has 0 radical (unpaired) electrons. The topological polar surface area (TPSA) is 156 Å². The van der Waals surface area contributed by atoms with Gasteiger partial charge in [0.15, 0.2) is 22.7 Å². The lowest BCUT2D eigenvalue weighted by atomic mass is 10.2. The van der Waals surface area contributed by atoms with Crippen LogP contribution in [0.25, 0.3) is 11.2 Å². The number of ether oxygens (including phenoxy) is 4. The quantitative estimate of drug-likeness (QED) is 0.265. The van der Waals surface area contributed by atoms with Crippen molar-refractivity contribution in [3.63, 3.8) is 0 Å². The molecule has 3 aromatic rings. The van der Waals surface area contributed by atoms with Gasteiger partial charge in [-0.05, 0) is 18.6 Å². The van der Waals surface area contributed by atoms with E-state index in [1.54, 1.807) is 0 Å². The fraction of sp³-hybridized carbons (Fsp3) is 0.455. The van der Waals surface area contributed by atoms with E-state index in [0.717, 1.165) is 4.57 Å². The minimum Gasteiger partial charge on any atom is -0.493 e. The second kappa shape index (κ2) is 11.1. The standard InChI is InChI=1S/C22H28N4O9/c1-24-19-17(25(12-23-19)10-14(28)11-27)20(29)26(22(24)31)6-5-7-35-21(30)13-8-15(32-2)18(34-4)16(9-13)33-3/h8-9,12,14,27-28H,5-7,10-11H2,1-4H3. The molecule has 0 amide bonds. The van der Waals surface area contributed by atoms with Crippen molar-refractivity contribution in [2.45, 2.75) is 25.6 Å². The Bertz CT molecular complexity index is 1300. The van der Waals surface area contributed by atoms with Crippen LogP contribution in [0.1, 0.15) is 16.8 Å². The summed E-state index contributed by atoms with van der Waals surface area (Å²) in [5.41, 5.74) is -0.710. The summed E-state index contributed by atoms with van der Waals surface area (Å²) < 4.78 is 24.6. The molecule has 0 bridgehead atoms. The Morgan fingerprint density at radius 1 is 1.11 bits per heavy atom. The number of carbonyl (C=O) groups is 1. The van der Waals surface area contributed by atoms with Crippen LogP contribution in [0.2, 0.25) is 0 Å². The van der Waals surface area contributed by atoms with Gasteiger partial charge in [0.1, 0.15) is 0 Å². The van der Waals surface area contributed by atoms with E-state index in [2.05, 4.69) is 4.98 Å². The van der Waals surface area contributed by atoms with Gasteiger partial charge in [-0.3, -0.25) is 13.9 Å². The molecule has 0 aliphatic rings. The van der Waals surface area contributed by atoms with Crippen molar-refractivity contribution >= 4 is 17.1 Å². The van der Waals surface area contributed by atoms with Crippen LogP contribution < -0.4 is 25.5 Å². The van der Waals surface area contributed by atoms with Gasteiger partial charge in [-0.2, -0.15) is 0 Å². The number of benzene rings is 1. The second-order valence-corrected chi connectivity index (χ2v) is 7.61. The van der Waals surface area contributed by atoms with Crippen molar-refractivity contribution in [2.24, 2.45) is 7.05 Å². The molecule has 2 heterocycles. The molecule has 190 valence electrons. The van der Waals surface area contributed by atoms with Gasteiger partial charge in [-0.1, -0.05) is 0 Å². The number of rotatable bonds is 11. The maximum Gasteiger partial charge on any atom is 0.338 e. The van der Waals surface area contributed by atoms with E-state index in [-0.39, 0.29) is 42.8 Å². The van der Waals surface area contributed by atoms with E-state index in [1.165, 1.54) is 56.0 Å². The van der Waals surface area contributed by atoms with Crippen molar-refractivity contribution in [2.75, 3.05) is 34.5 Å². The Labute approximate surface area is 199 Å². The Morgan fingerprint density at radius 2 is 1.77 bits per heavy atom. The van der Waals surface area contributed by atoms with E-state index in [4.69, 9.17) is 24.1 Å². The number of imidazole rings is 1. The summed E-state index contributed by atoms with van der Waals surface area (Å²) in [6, 6.07) is 2.92. The first-order valence-corrected chi connectivity index (χ1v) is 10.7. The maximum absolute atomic E-state index is 13.0. The van der Waals surface area contributed by atoms with Crippen molar-refractivity contribution in [1.29, 1.82) is 0 Å². The fourth-order valence-electron chi connectivity index (χ4n) is 3.61. The van der Waals surface area contributed by atoms with Gasteiger partial charge in [-0.25, -0.2) is 14.6 Å². The average molecular weight is 492 g/mol. The Morgan fingerprint density at radius 3 is 2.34 bits per heavy atom. The zero-order valence-electron chi connectivity index (χ0n) is 19.9. The molecule has 0 spiro atoms. The van der Waals surface area contributed by atoms with E-state index in [1.807, 2.05) is 0 Å². The molecule has 1 unspecified atom stereocenters. The molecule has 1 aromatic carbocycles. The van der Waals surface area contributed by atoms with Crippen LogP contribution in [0.4, 0.5) is 0 Å². The Kier molecular flexibility index (Phi) is 8.14. The SMILES string of the molecule is COc1cc(C(=O)OCCCn2c(=O)c3c(ncn3CC(O)CO)n(C)c2=O)cc(OC)c1OC. The van der Waals surface area contributed by atoms with Crippen LogP contribution in [0.3, 0.4) is 0 Å². The predicted molar refractivity (Wildman–Crippen MR) is 123 cm³/mol. The van der Waals surface area contributed by atoms with Gasteiger partial charge >= 0.3 is 11.7 Å². The minimum atomic E-state index is -1.09. The lowest BCUT2D eigenvalue weighted by Crippen LogP contribution is -2.40. The summed E-state index contributed by atoms with van der Waals surface area (Å²) in [5, 5.41) is 18.8. The molecule has 2 N–H and O–H groups in total. The Hall–Kier alpha value is -3.84. The molecular formula is C22H28N4O9. The van der Waals surface area contributed by atoms with E-state index < -0.39 is 29.9 Å². The van der Waals surface area contributed by atoms with Crippen LogP contribution in [0.15, 0.2) is 28.0 Å². The number of nitrogens with zero attached hydrogens (tertiary/aromatic N) is 4. The van der Waals surface area contributed by atoms with Gasteiger partial charge in [-0.15, -0.1) is 0 Å². The molecule has 0 aliphatic heterocycles. The number of aliphatic hydroxyl groups is 2. The summed E-state index contributed by atoms with van der Waals surface area (Å²) in [6.07, 6.45) is 0.421. The highest BCUT2D eigenvalue weighted by molar-refractivity contribution is 5.91. The fourth-order valence-corrected chi connectivity index (χ4v) is 3.61. The van der Waals surface area contributed by atoms with Crippen molar-refractivity contribution in [1.82, 2.24) is 18.7 Å². The molecule has 3 rings (SSSR count). The van der Waals surface area contributed by atoms with Crippen LogP contribution in [-0.2, 0) is 24.9 Å². The van der Waals surface area contributed by atoms with Crippen LogP contribution in [0, 0.1) is 0 Å². The van der Waals surface area contributed by atoms with Gasteiger partial charge in [0.05, 0.1) is 59.1 Å². The molecule has 0 aliphatic carbocycles. The van der Waals surface area contributed by atoms with Crippen molar-refractivity contribution in [3.8, 4) is 17.2 Å². The number of hydrogen-bond donors (Lipinski definition) is 2. The Balaban J connectivity index is 1.75. The summed E-state index contributed by atoms with van der Waals surface area (Å²) in [5.74, 6) is 0.286. The third-order valence-electron chi connectivity index (χ3n) is 5.38. The molecular weight excluding hydrogens is 464 g/mol. The van der Waals surface area contributed by atoms with Gasteiger partial charge < -0.3 is 33.7 Å². The maximum atomic E-state index is 13.0. The average Bonchev–Trinajstić information content (AvgIpc) is 3.29. The first kappa shape index (κ1) is 25.8. The highest BCUT2D eigenvalue weighted by atomic mass is 16.5. The van der Waals surface area contributed by atoms with E-state index >= 15 is 0 Å². The summed E-state index contributed by atoms with van der Waals surface area (Å²) in [7, 11) is 5.78. The number of carbonyl (C=O) groups excluding carboxylic acids is 1. The lowest BCUT2D eigenvalue weighted by Gasteiger charge is -2.14. The summed E-state index contributed by atoms with van der Waals surface area (Å²) in [6.45, 7) is -0.632. The number of fused-ring (bicyclic) bond motifs is 1. The minimum absolute atomic E-state index is 0.0162. The largest absolute Gasteiger partial charge is 0.493 e. The number of esters is 1. The molecule has 2 aromatic heterocycles.